The number of nitrogens with zero attached hydrogens (tertiary/aromatic N) is 1. The Kier molecular flexibility index (Phi) is 4.29. The van der Waals surface area contributed by atoms with E-state index in [9.17, 15) is 18.0 Å². The Labute approximate surface area is 127 Å². The Morgan fingerprint density at radius 1 is 1.38 bits per heavy atom. The molecule has 1 heterocycles. The van der Waals surface area contributed by atoms with Gasteiger partial charge in [0.2, 0.25) is 0 Å². The molecule has 21 heavy (non-hydrogen) atoms. The molecular formula is C13H15NO5S2. The Morgan fingerprint density at radius 3 is 2.62 bits per heavy atom. The van der Waals surface area contributed by atoms with E-state index < -0.39 is 27.8 Å². The van der Waals surface area contributed by atoms with Gasteiger partial charge in [-0.05, 0) is 24.6 Å². The van der Waals surface area contributed by atoms with Crippen molar-refractivity contribution in [2.24, 2.45) is 0 Å². The highest BCUT2D eigenvalue weighted by Crippen LogP contribution is 2.25. The molecule has 0 spiro atoms. The first kappa shape index (κ1) is 15.8. The van der Waals surface area contributed by atoms with E-state index in [1.54, 1.807) is 13.0 Å². The molecule has 1 aliphatic heterocycles. The predicted octanol–water partition coefficient (Wildman–Crippen LogP) is 0.998. The van der Waals surface area contributed by atoms with Crippen molar-refractivity contribution in [2.75, 3.05) is 17.9 Å². The van der Waals surface area contributed by atoms with Crippen molar-refractivity contribution in [3.8, 4) is 0 Å². The number of hydrogen-bond acceptors (Lipinski definition) is 5. The SMILES string of the molecule is Cc1ccc(S(C)(=O)=O)cc1C(=O)N1CSCC1C(=O)O. The summed E-state index contributed by atoms with van der Waals surface area (Å²) >= 11 is 1.36. The highest BCUT2D eigenvalue weighted by atomic mass is 32.2. The Bertz CT molecular complexity index is 699. The second-order valence-corrected chi connectivity index (χ2v) is 7.89. The lowest BCUT2D eigenvalue weighted by Crippen LogP contribution is -2.42. The van der Waals surface area contributed by atoms with Crippen LogP contribution in [0.2, 0.25) is 0 Å². The average molecular weight is 329 g/mol. The number of thioether (sulfide) groups is 1. The molecule has 114 valence electrons. The number of carboxylic acids is 1. The minimum atomic E-state index is -3.42. The van der Waals surface area contributed by atoms with Crippen LogP contribution in [0.5, 0.6) is 0 Å². The maximum atomic E-state index is 12.5. The van der Waals surface area contributed by atoms with Crippen LogP contribution in [0.4, 0.5) is 0 Å². The van der Waals surface area contributed by atoms with Crippen molar-refractivity contribution in [1.29, 1.82) is 0 Å². The van der Waals surface area contributed by atoms with E-state index in [2.05, 4.69) is 0 Å². The summed E-state index contributed by atoms with van der Waals surface area (Å²) in [5.74, 6) is -0.870. The summed E-state index contributed by atoms with van der Waals surface area (Å²) in [6.07, 6.45) is 1.07. The van der Waals surface area contributed by atoms with Gasteiger partial charge >= 0.3 is 5.97 Å². The molecule has 0 aromatic heterocycles. The normalized spacial score (nSPS) is 18.8. The number of benzene rings is 1. The van der Waals surface area contributed by atoms with Gasteiger partial charge in [0, 0.05) is 17.6 Å². The zero-order valence-corrected chi connectivity index (χ0v) is 13.2. The maximum absolute atomic E-state index is 12.5. The summed E-state index contributed by atoms with van der Waals surface area (Å²) in [7, 11) is -3.42. The van der Waals surface area contributed by atoms with Crippen LogP contribution in [0.25, 0.3) is 0 Å². The van der Waals surface area contributed by atoms with Gasteiger partial charge in [0.15, 0.2) is 9.84 Å². The molecule has 0 bridgehead atoms. The molecular weight excluding hydrogens is 314 g/mol. The van der Waals surface area contributed by atoms with Gasteiger partial charge in [-0.15, -0.1) is 11.8 Å². The maximum Gasteiger partial charge on any atom is 0.327 e. The van der Waals surface area contributed by atoms with Crippen molar-refractivity contribution in [1.82, 2.24) is 4.90 Å². The zero-order valence-electron chi connectivity index (χ0n) is 11.6. The van der Waals surface area contributed by atoms with Crippen LogP contribution in [-0.2, 0) is 14.6 Å². The number of rotatable bonds is 3. The van der Waals surface area contributed by atoms with Crippen molar-refractivity contribution < 1.29 is 23.1 Å². The van der Waals surface area contributed by atoms with E-state index >= 15 is 0 Å². The van der Waals surface area contributed by atoms with Crippen LogP contribution in [0.1, 0.15) is 15.9 Å². The molecule has 1 aliphatic rings. The summed E-state index contributed by atoms with van der Waals surface area (Å²) in [6.45, 7) is 1.69. The first-order valence-electron chi connectivity index (χ1n) is 6.14. The molecule has 1 aromatic carbocycles. The summed E-state index contributed by atoms with van der Waals surface area (Å²) in [5.41, 5.74) is 0.847. The molecule has 0 radical (unpaired) electrons. The predicted molar refractivity (Wildman–Crippen MR) is 79.2 cm³/mol. The fourth-order valence-corrected chi connectivity index (χ4v) is 3.86. The van der Waals surface area contributed by atoms with Crippen LogP contribution in [-0.4, -0.2) is 54.2 Å². The third-order valence-corrected chi connectivity index (χ3v) is 5.42. The van der Waals surface area contributed by atoms with Crippen molar-refractivity contribution in [3.05, 3.63) is 29.3 Å². The average Bonchev–Trinajstić information content (AvgIpc) is 2.86. The molecule has 1 fully saturated rings. The molecule has 0 aliphatic carbocycles. The largest absolute Gasteiger partial charge is 0.480 e. The van der Waals surface area contributed by atoms with Crippen molar-refractivity contribution >= 4 is 33.5 Å². The molecule has 6 nitrogen and oxygen atoms in total. The number of aliphatic carboxylic acids is 1. The fourth-order valence-electron chi connectivity index (χ4n) is 2.06. The smallest absolute Gasteiger partial charge is 0.327 e. The molecule has 1 amide bonds. The number of hydrogen-bond donors (Lipinski definition) is 1. The summed E-state index contributed by atoms with van der Waals surface area (Å²) in [5, 5.41) is 9.13. The summed E-state index contributed by atoms with van der Waals surface area (Å²) in [4.78, 5) is 25.0. The summed E-state index contributed by atoms with van der Waals surface area (Å²) < 4.78 is 23.2. The highest BCUT2D eigenvalue weighted by molar-refractivity contribution is 7.99. The third kappa shape index (κ3) is 3.21. The monoisotopic (exact) mass is 329 g/mol. The van der Waals surface area contributed by atoms with E-state index in [1.165, 1.54) is 28.8 Å². The molecule has 1 unspecified atom stereocenters. The number of aryl methyl sites for hydroxylation is 1. The topological polar surface area (TPSA) is 91.8 Å². The Hall–Kier alpha value is -1.54. The van der Waals surface area contributed by atoms with Gasteiger partial charge in [-0.25, -0.2) is 13.2 Å². The summed E-state index contributed by atoms with van der Waals surface area (Å²) in [6, 6.07) is 3.44. The minimum Gasteiger partial charge on any atom is -0.480 e. The van der Waals surface area contributed by atoms with Gasteiger partial charge in [0.1, 0.15) is 6.04 Å². The van der Waals surface area contributed by atoms with Crippen LogP contribution in [0.15, 0.2) is 23.1 Å². The van der Waals surface area contributed by atoms with Crippen LogP contribution in [0.3, 0.4) is 0 Å². The molecule has 1 N–H and O–H groups in total. The number of sulfone groups is 1. The standard InChI is InChI=1S/C13H15NO5S2/c1-8-3-4-9(21(2,18)19)5-10(8)12(15)14-7-20-6-11(14)13(16)17/h3-5,11H,6-7H2,1-2H3,(H,16,17). The molecule has 8 heteroatoms. The van der Waals surface area contributed by atoms with Crippen molar-refractivity contribution in [3.63, 3.8) is 0 Å². The molecule has 2 rings (SSSR count). The van der Waals surface area contributed by atoms with Crippen molar-refractivity contribution in [2.45, 2.75) is 17.9 Å². The van der Waals surface area contributed by atoms with Crippen LogP contribution < -0.4 is 0 Å². The lowest BCUT2D eigenvalue weighted by Gasteiger charge is -2.21. The van der Waals surface area contributed by atoms with Crippen LogP contribution >= 0.6 is 11.8 Å². The Morgan fingerprint density at radius 2 is 2.05 bits per heavy atom. The number of carbonyl (C=O) groups is 2. The zero-order chi connectivity index (χ0) is 15.8. The second-order valence-electron chi connectivity index (χ2n) is 4.88. The fraction of sp³-hybridized carbons (Fsp3) is 0.385. The van der Waals surface area contributed by atoms with Gasteiger partial charge in [0.05, 0.1) is 10.8 Å². The number of amides is 1. The van der Waals surface area contributed by atoms with Gasteiger partial charge in [-0.2, -0.15) is 0 Å². The number of carboxylic acid groups (broad SMARTS) is 1. The quantitative estimate of drug-likeness (QED) is 0.889. The van der Waals surface area contributed by atoms with Gasteiger partial charge in [-0.1, -0.05) is 6.07 Å². The van der Waals surface area contributed by atoms with Crippen LogP contribution in [0, 0.1) is 6.92 Å². The first-order chi connectivity index (χ1) is 9.71. The third-order valence-electron chi connectivity index (χ3n) is 3.30. The molecule has 1 aromatic rings. The second kappa shape index (κ2) is 5.69. The Balaban J connectivity index is 2.41. The molecule has 1 saturated heterocycles. The molecule has 1 atom stereocenters. The van der Waals surface area contributed by atoms with E-state index in [1.807, 2.05) is 0 Å². The first-order valence-corrected chi connectivity index (χ1v) is 9.18. The van der Waals surface area contributed by atoms with Gasteiger partial charge in [0.25, 0.3) is 5.91 Å². The van der Waals surface area contributed by atoms with E-state index in [4.69, 9.17) is 5.11 Å². The lowest BCUT2D eigenvalue weighted by atomic mass is 10.1. The lowest BCUT2D eigenvalue weighted by molar-refractivity contribution is -0.140. The van der Waals surface area contributed by atoms with E-state index in [-0.39, 0.29) is 10.5 Å². The van der Waals surface area contributed by atoms with E-state index in [0.29, 0.717) is 17.2 Å². The highest BCUT2D eigenvalue weighted by Gasteiger charge is 2.35. The van der Waals surface area contributed by atoms with Gasteiger partial charge < -0.3 is 10.0 Å². The molecule has 0 saturated carbocycles. The minimum absolute atomic E-state index is 0.0511. The van der Waals surface area contributed by atoms with Gasteiger partial charge in [-0.3, -0.25) is 4.79 Å². The van der Waals surface area contributed by atoms with E-state index in [0.717, 1.165) is 6.26 Å². The number of carbonyl (C=O) groups excluding carboxylic acids is 1.